The SMILES string of the molecule is NNc1cc2ccccc2c2ccccc12. The van der Waals surface area contributed by atoms with E-state index < -0.39 is 0 Å². The van der Waals surface area contributed by atoms with Crippen molar-refractivity contribution in [3.63, 3.8) is 0 Å². The Balaban J connectivity index is 2.57. The minimum Gasteiger partial charge on any atom is -0.323 e. The number of hydrogen-bond donors (Lipinski definition) is 2. The summed E-state index contributed by atoms with van der Waals surface area (Å²) in [5, 5.41) is 4.85. The zero-order valence-corrected chi connectivity index (χ0v) is 8.77. The number of fused-ring (bicyclic) bond motifs is 3. The molecular weight excluding hydrogens is 196 g/mol. The highest BCUT2D eigenvalue weighted by atomic mass is 15.2. The van der Waals surface area contributed by atoms with Gasteiger partial charge in [-0.2, -0.15) is 0 Å². The Morgan fingerprint density at radius 3 is 2.12 bits per heavy atom. The third kappa shape index (κ3) is 1.24. The summed E-state index contributed by atoms with van der Waals surface area (Å²) in [6, 6.07) is 18.7. The van der Waals surface area contributed by atoms with E-state index in [2.05, 4.69) is 47.9 Å². The third-order valence-electron chi connectivity index (χ3n) is 2.92. The standard InChI is InChI=1S/C14H12N2/c15-16-14-9-10-5-1-2-6-11(10)12-7-3-4-8-13(12)14/h1-9,16H,15H2. The van der Waals surface area contributed by atoms with Crippen LogP contribution in [0.15, 0.2) is 54.6 Å². The second-order valence-corrected chi connectivity index (χ2v) is 3.84. The van der Waals surface area contributed by atoms with Gasteiger partial charge in [0.1, 0.15) is 0 Å². The molecule has 0 spiro atoms. The fourth-order valence-corrected chi connectivity index (χ4v) is 2.17. The van der Waals surface area contributed by atoms with Gasteiger partial charge >= 0.3 is 0 Å². The van der Waals surface area contributed by atoms with E-state index in [0.29, 0.717) is 0 Å². The van der Waals surface area contributed by atoms with Crippen LogP contribution < -0.4 is 11.3 Å². The molecule has 16 heavy (non-hydrogen) atoms. The van der Waals surface area contributed by atoms with Gasteiger partial charge in [-0.05, 0) is 22.2 Å². The summed E-state index contributed by atoms with van der Waals surface area (Å²) in [7, 11) is 0. The monoisotopic (exact) mass is 208 g/mol. The fraction of sp³-hybridized carbons (Fsp3) is 0. The second-order valence-electron chi connectivity index (χ2n) is 3.84. The van der Waals surface area contributed by atoms with Gasteiger partial charge in [0.15, 0.2) is 0 Å². The summed E-state index contributed by atoms with van der Waals surface area (Å²) in [6.07, 6.45) is 0. The average Bonchev–Trinajstić information content (AvgIpc) is 2.38. The number of rotatable bonds is 1. The maximum Gasteiger partial charge on any atom is 0.0569 e. The first-order chi connectivity index (χ1) is 7.90. The summed E-state index contributed by atoms with van der Waals surface area (Å²) < 4.78 is 0. The van der Waals surface area contributed by atoms with Crippen molar-refractivity contribution in [1.82, 2.24) is 0 Å². The van der Waals surface area contributed by atoms with Crippen LogP contribution in [0.3, 0.4) is 0 Å². The zero-order chi connectivity index (χ0) is 11.0. The first-order valence-corrected chi connectivity index (χ1v) is 5.27. The molecule has 2 nitrogen and oxygen atoms in total. The van der Waals surface area contributed by atoms with Crippen LogP contribution in [0.1, 0.15) is 0 Å². The predicted octanol–water partition coefficient (Wildman–Crippen LogP) is 3.28. The molecule has 0 atom stereocenters. The minimum atomic E-state index is 0.967. The second kappa shape index (κ2) is 3.51. The van der Waals surface area contributed by atoms with E-state index in [4.69, 9.17) is 5.84 Å². The number of hydrazine groups is 1. The summed E-state index contributed by atoms with van der Waals surface area (Å²) in [5.74, 6) is 5.56. The van der Waals surface area contributed by atoms with Crippen LogP contribution in [0, 0.1) is 0 Å². The first kappa shape index (κ1) is 9.19. The van der Waals surface area contributed by atoms with Crippen molar-refractivity contribution in [3.05, 3.63) is 54.6 Å². The van der Waals surface area contributed by atoms with E-state index in [0.717, 1.165) is 11.1 Å². The van der Waals surface area contributed by atoms with E-state index in [9.17, 15) is 0 Å². The number of anilines is 1. The Morgan fingerprint density at radius 2 is 1.38 bits per heavy atom. The van der Waals surface area contributed by atoms with E-state index in [1.807, 2.05) is 12.1 Å². The van der Waals surface area contributed by atoms with E-state index in [1.54, 1.807) is 0 Å². The molecule has 0 saturated heterocycles. The molecule has 0 saturated carbocycles. The Labute approximate surface area is 93.7 Å². The number of nitrogens with two attached hydrogens (primary N) is 1. The lowest BCUT2D eigenvalue weighted by atomic mass is 10.0. The van der Waals surface area contributed by atoms with Gasteiger partial charge in [-0.1, -0.05) is 48.5 Å². The molecule has 0 amide bonds. The topological polar surface area (TPSA) is 38.0 Å². The van der Waals surface area contributed by atoms with Crippen LogP contribution in [0.25, 0.3) is 21.5 Å². The maximum atomic E-state index is 5.56. The molecule has 3 N–H and O–H groups in total. The van der Waals surface area contributed by atoms with E-state index >= 15 is 0 Å². The molecule has 0 radical (unpaired) electrons. The lowest BCUT2D eigenvalue weighted by molar-refractivity contribution is 1.37. The smallest absolute Gasteiger partial charge is 0.0569 e. The summed E-state index contributed by atoms with van der Waals surface area (Å²) >= 11 is 0. The number of nitrogen functional groups attached to an aromatic ring is 1. The molecule has 0 fully saturated rings. The molecule has 0 unspecified atom stereocenters. The van der Waals surface area contributed by atoms with Gasteiger partial charge < -0.3 is 5.43 Å². The van der Waals surface area contributed by atoms with Gasteiger partial charge in [0.25, 0.3) is 0 Å². The van der Waals surface area contributed by atoms with Gasteiger partial charge in [0.05, 0.1) is 5.69 Å². The van der Waals surface area contributed by atoms with Crippen molar-refractivity contribution in [1.29, 1.82) is 0 Å². The zero-order valence-electron chi connectivity index (χ0n) is 8.77. The highest BCUT2D eigenvalue weighted by molar-refractivity contribution is 6.12. The van der Waals surface area contributed by atoms with Crippen LogP contribution in [-0.4, -0.2) is 0 Å². The van der Waals surface area contributed by atoms with Gasteiger partial charge in [-0.15, -0.1) is 0 Å². The van der Waals surface area contributed by atoms with Gasteiger partial charge in [-0.3, -0.25) is 5.84 Å². The van der Waals surface area contributed by atoms with Gasteiger partial charge in [0.2, 0.25) is 0 Å². The molecule has 0 heterocycles. The van der Waals surface area contributed by atoms with Crippen LogP contribution in [0.5, 0.6) is 0 Å². The van der Waals surface area contributed by atoms with Gasteiger partial charge in [-0.25, -0.2) is 0 Å². The predicted molar refractivity (Wildman–Crippen MR) is 69.3 cm³/mol. The highest BCUT2D eigenvalue weighted by Gasteiger charge is 2.03. The fourth-order valence-electron chi connectivity index (χ4n) is 2.17. The summed E-state index contributed by atoms with van der Waals surface area (Å²) in [6.45, 7) is 0. The first-order valence-electron chi connectivity index (χ1n) is 5.27. The molecule has 3 aromatic carbocycles. The average molecular weight is 208 g/mol. The Morgan fingerprint density at radius 1 is 0.750 bits per heavy atom. The molecule has 0 aliphatic rings. The van der Waals surface area contributed by atoms with Crippen molar-refractivity contribution in [2.75, 3.05) is 5.43 Å². The molecule has 0 bridgehead atoms. The van der Waals surface area contributed by atoms with Crippen LogP contribution >= 0.6 is 0 Å². The molecular formula is C14H12N2. The minimum absolute atomic E-state index is 0.967. The summed E-state index contributed by atoms with van der Waals surface area (Å²) in [5.41, 5.74) is 3.73. The lowest BCUT2D eigenvalue weighted by Gasteiger charge is -2.09. The van der Waals surface area contributed by atoms with E-state index in [-0.39, 0.29) is 0 Å². The van der Waals surface area contributed by atoms with Crippen LogP contribution in [0.4, 0.5) is 5.69 Å². The summed E-state index contributed by atoms with van der Waals surface area (Å²) in [4.78, 5) is 0. The number of benzene rings is 3. The molecule has 78 valence electrons. The third-order valence-corrected chi connectivity index (χ3v) is 2.92. The van der Waals surface area contributed by atoms with Crippen molar-refractivity contribution < 1.29 is 0 Å². The number of hydrogen-bond acceptors (Lipinski definition) is 2. The molecule has 2 heteroatoms. The normalized spacial score (nSPS) is 10.8. The largest absolute Gasteiger partial charge is 0.323 e. The highest BCUT2D eigenvalue weighted by Crippen LogP contribution is 2.30. The van der Waals surface area contributed by atoms with Crippen molar-refractivity contribution >= 4 is 27.2 Å². The lowest BCUT2D eigenvalue weighted by Crippen LogP contribution is -2.07. The van der Waals surface area contributed by atoms with Gasteiger partial charge in [0, 0.05) is 5.39 Å². The van der Waals surface area contributed by atoms with Crippen LogP contribution in [0.2, 0.25) is 0 Å². The molecule has 0 aromatic heterocycles. The Hall–Kier alpha value is -2.06. The van der Waals surface area contributed by atoms with Crippen molar-refractivity contribution in [2.45, 2.75) is 0 Å². The molecule has 3 aromatic rings. The number of nitrogens with one attached hydrogen (secondary N) is 1. The molecule has 3 rings (SSSR count). The van der Waals surface area contributed by atoms with E-state index in [1.165, 1.54) is 16.2 Å². The van der Waals surface area contributed by atoms with Crippen LogP contribution in [-0.2, 0) is 0 Å². The van der Waals surface area contributed by atoms with Crippen molar-refractivity contribution in [3.8, 4) is 0 Å². The Bertz CT molecular complexity index is 659. The molecule has 0 aliphatic carbocycles. The molecule has 0 aliphatic heterocycles. The Kier molecular flexibility index (Phi) is 2.01. The quantitative estimate of drug-likeness (QED) is 0.366. The maximum absolute atomic E-state index is 5.56. The van der Waals surface area contributed by atoms with Crippen molar-refractivity contribution in [2.24, 2.45) is 5.84 Å².